The predicted molar refractivity (Wildman–Crippen MR) is 93.0 cm³/mol. The van der Waals surface area contributed by atoms with E-state index >= 15 is 0 Å². The molecule has 1 saturated heterocycles. The van der Waals surface area contributed by atoms with Gasteiger partial charge in [0.05, 0.1) is 19.3 Å². The second kappa shape index (κ2) is 6.98. The summed E-state index contributed by atoms with van der Waals surface area (Å²) in [5, 5.41) is 0. The molecule has 4 heteroatoms. The molecule has 1 aromatic rings. The Morgan fingerprint density at radius 2 is 2.12 bits per heavy atom. The van der Waals surface area contributed by atoms with Gasteiger partial charge in [-0.2, -0.15) is 0 Å². The standard InChI is InChI=1S/C20H26O4/c1-20(2)11-6-7-16(20)15-13-14(19(21)22-3)9-10-17(15)24-18-8-4-5-12-23-18/h7,9-10,13,18H,4-6,8,11-12H2,1-3H3/t18-/m0/s1. The number of carbonyl (C=O) groups is 1. The van der Waals surface area contributed by atoms with Crippen molar-refractivity contribution in [3.63, 3.8) is 0 Å². The number of ether oxygens (including phenoxy) is 3. The maximum absolute atomic E-state index is 11.9. The van der Waals surface area contributed by atoms with Crippen molar-refractivity contribution in [3.05, 3.63) is 35.4 Å². The first-order valence-corrected chi connectivity index (χ1v) is 8.73. The molecule has 0 spiro atoms. The van der Waals surface area contributed by atoms with E-state index in [2.05, 4.69) is 19.9 Å². The van der Waals surface area contributed by atoms with Crippen LogP contribution in [0.2, 0.25) is 0 Å². The Morgan fingerprint density at radius 3 is 2.75 bits per heavy atom. The Balaban J connectivity index is 1.96. The van der Waals surface area contributed by atoms with E-state index in [-0.39, 0.29) is 17.7 Å². The van der Waals surface area contributed by atoms with Crippen LogP contribution in [-0.2, 0) is 9.47 Å². The summed E-state index contributed by atoms with van der Waals surface area (Å²) in [5.74, 6) is 0.462. The molecule has 24 heavy (non-hydrogen) atoms. The summed E-state index contributed by atoms with van der Waals surface area (Å²) < 4.78 is 16.7. The van der Waals surface area contributed by atoms with E-state index in [1.165, 1.54) is 12.7 Å². The molecule has 1 atom stereocenters. The van der Waals surface area contributed by atoms with Gasteiger partial charge in [0.2, 0.25) is 0 Å². The lowest BCUT2D eigenvalue weighted by atomic mass is 9.81. The number of esters is 1. The maximum atomic E-state index is 11.9. The monoisotopic (exact) mass is 330 g/mol. The van der Waals surface area contributed by atoms with E-state index < -0.39 is 0 Å². The SMILES string of the molecule is COC(=O)c1ccc(O[C@H]2CCCCO2)c(C2=CCCC2(C)C)c1. The minimum absolute atomic E-state index is 0.0697. The summed E-state index contributed by atoms with van der Waals surface area (Å²) in [7, 11) is 1.40. The minimum Gasteiger partial charge on any atom is -0.465 e. The molecular formula is C20H26O4. The molecular weight excluding hydrogens is 304 g/mol. The highest BCUT2D eigenvalue weighted by molar-refractivity contribution is 5.91. The minimum atomic E-state index is -0.326. The molecule has 0 amide bonds. The fourth-order valence-electron chi connectivity index (χ4n) is 3.50. The molecule has 0 N–H and O–H groups in total. The highest BCUT2D eigenvalue weighted by Gasteiger charge is 2.31. The van der Waals surface area contributed by atoms with Crippen LogP contribution in [-0.4, -0.2) is 26.0 Å². The number of carbonyl (C=O) groups excluding carboxylic acids is 1. The second-order valence-corrected chi connectivity index (χ2v) is 7.16. The topological polar surface area (TPSA) is 44.8 Å². The summed E-state index contributed by atoms with van der Waals surface area (Å²) in [5.41, 5.74) is 2.84. The van der Waals surface area contributed by atoms with Gasteiger partial charge in [0.1, 0.15) is 5.75 Å². The molecule has 0 bridgehead atoms. The maximum Gasteiger partial charge on any atom is 0.337 e. The largest absolute Gasteiger partial charge is 0.465 e. The number of methoxy groups -OCH3 is 1. The van der Waals surface area contributed by atoms with Gasteiger partial charge in [-0.3, -0.25) is 0 Å². The van der Waals surface area contributed by atoms with Gasteiger partial charge in [-0.1, -0.05) is 19.9 Å². The van der Waals surface area contributed by atoms with Crippen LogP contribution in [0.4, 0.5) is 0 Å². The molecule has 1 heterocycles. The molecule has 1 fully saturated rings. The van der Waals surface area contributed by atoms with Crippen molar-refractivity contribution in [2.75, 3.05) is 13.7 Å². The summed E-state index contributed by atoms with van der Waals surface area (Å²) in [6.45, 7) is 5.21. The molecule has 130 valence electrons. The molecule has 3 rings (SSSR count). The zero-order chi connectivity index (χ0) is 17.2. The molecule has 1 aromatic carbocycles. The number of allylic oxidation sites excluding steroid dienone is 2. The fourth-order valence-corrected chi connectivity index (χ4v) is 3.50. The fraction of sp³-hybridized carbons (Fsp3) is 0.550. The molecule has 2 aliphatic rings. The van der Waals surface area contributed by atoms with Crippen LogP contribution in [0.5, 0.6) is 5.75 Å². The van der Waals surface area contributed by atoms with Crippen LogP contribution < -0.4 is 4.74 Å². The molecule has 0 aromatic heterocycles. The molecule has 0 radical (unpaired) electrons. The van der Waals surface area contributed by atoms with E-state index in [1.807, 2.05) is 12.1 Å². The van der Waals surface area contributed by atoms with E-state index in [0.717, 1.165) is 50.0 Å². The van der Waals surface area contributed by atoms with Crippen molar-refractivity contribution >= 4 is 11.5 Å². The second-order valence-electron chi connectivity index (χ2n) is 7.16. The Bertz CT molecular complexity index is 639. The first-order chi connectivity index (χ1) is 11.5. The van der Waals surface area contributed by atoms with E-state index in [0.29, 0.717) is 5.56 Å². The number of rotatable bonds is 4. The van der Waals surface area contributed by atoms with E-state index in [4.69, 9.17) is 14.2 Å². The highest BCUT2D eigenvalue weighted by Crippen LogP contribution is 2.47. The molecule has 1 aliphatic carbocycles. The van der Waals surface area contributed by atoms with Gasteiger partial charge in [0, 0.05) is 12.0 Å². The van der Waals surface area contributed by atoms with E-state index in [9.17, 15) is 4.79 Å². The van der Waals surface area contributed by atoms with Gasteiger partial charge in [-0.25, -0.2) is 4.79 Å². The Morgan fingerprint density at radius 1 is 1.29 bits per heavy atom. The number of hydrogen-bond acceptors (Lipinski definition) is 4. The first kappa shape index (κ1) is 17.0. The molecule has 0 saturated carbocycles. The van der Waals surface area contributed by atoms with Gasteiger partial charge in [0.25, 0.3) is 0 Å². The van der Waals surface area contributed by atoms with Crippen LogP contribution in [0, 0.1) is 5.41 Å². The first-order valence-electron chi connectivity index (χ1n) is 8.73. The van der Waals surface area contributed by atoms with Gasteiger partial charge < -0.3 is 14.2 Å². The van der Waals surface area contributed by atoms with Crippen molar-refractivity contribution in [1.29, 1.82) is 0 Å². The average Bonchev–Trinajstić information content (AvgIpc) is 2.94. The molecule has 0 unspecified atom stereocenters. The van der Waals surface area contributed by atoms with Gasteiger partial charge >= 0.3 is 5.97 Å². The van der Waals surface area contributed by atoms with Gasteiger partial charge in [0.15, 0.2) is 6.29 Å². The summed E-state index contributed by atoms with van der Waals surface area (Å²) in [4.78, 5) is 11.9. The third-order valence-corrected chi connectivity index (χ3v) is 4.93. The van der Waals surface area contributed by atoms with Crippen molar-refractivity contribution in [1.82, 2.24) is 0 Å². The summed E-state index contributed by atoms with van der Waals surface area (Å²) in [6.07, 6.45) is 7.31. The smallest absolute Gasteiger partial charge is 0.337 e. The average molecular weight is 330 g/mol. The van der Waals surface area contributed by atoms with Crippen molar-refractivity contribution < 1.29 is 19.0 Å². The molecule has 4 nitrogen and oxygen atoms in total. The zero-order valence-electron chi connectivity index (χ0n) is 14.8. The quantitative estimate of drug-likeness (QED) is 0.758. The van der Waals surface area contributed by atoms with Crippen LogP contribution in [0.3, 0.4) is 0 Å². The number of benzene rings is 1. The van der Waals surface area contributed by atoms with Crippen molar-refractivity contribution in [2.45, 2.75) is 52.2 Å². The van der Waals surface area contributed by atoms with E-state index in [1.54, 1.807) is 6.07 Å². The third-order valence-electron chi connectivity index (χ3n) is 4.93. The zero-order valence-corrected chi connectivity index (χ0v) is 14.8. The lowest BCUT2D eigenvalue weighted by Gasteiger charge is -2.28. The third kappa shape index (κ3) is 3.48. The van der Waals surface area contributed by atoms with Crippen molar-refractivity contribution in [2.24, 2.45) is 5.41 Å². The highest BCUT2D eigenvalue weighted by atomic mass is 16.7. The Labute approximate surface area is 143 Å². The lowest BCUT2D eigenvalue weighted by Crippen LogP contribution is -2.25. The van der Waals surface area contributed by atoms with Crippen LogP contribution >= 0.6 is 0 Å². The predicted octanol–water partition coefficient (Wildman–Crippen LogP) is 4.58. The van der Waals surface area contributed by atoms with Crippen LogP contribution in [0.25, 0.3) is 5.57 Å². The van der Waals surface area contributed by atoms with Crippen LogP contribution in [0.15, 0.2) is 24.3 Å². The molecule has 1 aliphatic heterocycles. The van der Waals surface area contributed by atoms with Gasteiger partial charge in [-0.15, -0.1) is 0 Å². The Kier molecular flexibility index (Phi) is 4.95. The summed E-state index contributed by atoms with van der Waals surface area (Å²) >= 11 is 0. The summed E-state index contributed by atoms with van der Waals surface area (Å²) in [6, 6.07) is 5.52. The van der Waals surface area contributed by atoms with Crippen molar-refractivity contribution in [3.8, 4) is 5.75 Å². The Hall–Kier alpha value is -1.81. The van der Waals surface area contributed by atoms with Crippen LogP contribution in [0.1, 0.15) is 61.9 Å². The lowest BCUT2D eigenvalue weighted by molar-refractivity contribution is -0.106. The normalized spacial score (nSPS) is 22.8. The van der Waals surface area contributed by atoms with Gasteiger partial charge in [-0.05, 0) is 54.9 Å². The number of hydrogen-bond donors (Lipinski definition) is 0.